The molecule has 0 aromatic heterocycles. The van der Waals surface area contributed by atoms with Crippen molar-refractivity contribution in [3.63, 3.8) is 0 Å². The Morgan fingerprint density at radius 2 is 2.05 bits per heavy atom. The fourth-order valence-corrected chi connectivity index (χ4v) is 3.06. The Morgan fingerprint density at radius 3 is 2.74 bits per heavy atom. The molecule has 1 fully saturated rings. The summed E-state index contributed by atoms with van der Waals surface area (Å²) in [4.78, 5) is 12.0. The predicted octanol–water partition coefficient (Wildman–Crippen LogP) is 4.77. The van der Waals surface area contributed by atoms with Crippen LogP contribution in [-0.2, 0) is 4.79 Å². The molecule has 1 aromatic rings. The lowest BCUT2D eigenvalue weighted by Crippen LogP contribution is -2.23. The average Bonchev–Trinajstić information content (AvgIpc) is 2.42. The molecule has 2 rings (SSSR count). The molecule has 19 heavy (non-hydrogen) atoms. The molecule has 0 saturated heterocycles. The van der Waals surface area contributed by atoms with Crippen LogP contribution in [0, 0.1) is 11.7 Å². The van der Waals surface area contributed by atoms with E-state index in [0.29, 0.717) is 10.2 Å². The summed E-state index contributed by atoms with van der Waals surface area (Å²) in [6, 6.07) is 2.62. The average molecular weight is 350 g/mol. The van der Waals surface area contributed by atoms with Crippen LogP contribution in [-0.4, -0.2) is 12.4 Å². The normalized spacial score (nSPS) is 16.4. The van der Waals surface area contributed by atoms with Crippen LogP contribution in [0.25, 0.3) is 0 Å². The van der Waals surface area contributed by atoms with Crippen molar-refractivity contribution in [3.8, 4) is 5.75 Å². The van der Waals surface area contributed by atoms with Gasteiger partial charge in [-0.3, -0.25) is 4.79 Å². The van der Waals surface area contributed by atoms with E-state index in [2.05, 4.69) is 15.9 Å². The van der Waals surface area contributed by atoms with Crippen LogP contribution in [0.2, 0.25) is 5.02 Å². The number of ketones is 1. The van der Waals surface area contributed by atoms with Crippen molar-refractivity contribution in [2.24, 2.45) is 5.92 Å². The van der Waals surface area contributed by atoms with Crippen molar-refractivity contribution in [1.82, 2.24) is 0 Å². The Labute approximate surface area is 125 Å². The maximum absolute atomic E-state index is 13.3. The first-order valence-electron chi connectivity index (χ1n) is 6.38. The van der Waals surface area contributed by atoms with E-state index < -0.39 is 5.82 Å². The summed E-state index contributed by atoms with van der Waals surface area (Å²) in [7, 11) is 0. The number of carbonyl (C=O) groups excluding carboxylic acids is 1. The lowest BCUT2D eigenvalue weighted by Gasteiger charge is -2.20. The first-order valence-corrected chi connectivity index (χ1v) is 7.55. The summed E-state index contributed by atoms with van der Waals surface area (Å²) in [6.45, 7) is -0.00958. The standard InChI is InChI=1S/C14H15BrClFO2/c15-10-6-11(16)12(17)7-14(10)19-8-13(18)9-4-2-1-3-5-9/h6-7,9H,1-5,8H2. The van der Waals surface area contributed by atoms with E-state index in [-0.39, 0.29) is 23.3 Å². The van der Waals surface area contributed by atoms with Gasteiger partial charge in [-0.2, -0.15) is 0 Å². The van der Waals surface area contributed by atoms with Crippen LogP contribution in [0.4, 0.5) is 4.39 Å². The predicted molar refractivity (Wildman–Crippen MR) is 76.2 cm³/mol. The molecule has 0 N–H and O–H groups in total. The number of benzene rings is 1. The van der Waals surface area contributed by atoms with Gasteiger partial charge in [0, 0.05) is 12.0 Å². The molecule has 0 heterocycles. The first-order chi connectivity index (χ1) is 9.08. The van der Waals surface area contributed by atoms with Gasteiger partial charge in [-0.05, 0) is 34.8 Å². The molecule has 2 nitrogen and oxygen atoms in total. The lowest BCUT2D eigenvalue weighted by molar-refractivity contribution is -0.125. The summed E-state index contributed by atoms with van der Waals surface area (Å²) in [5.74, 6) is -0.0392. The second-order valence-corrected chi connectivity index (χ2v) is 6.05. The van der Waals surface area contributed by atoms with Gasteiger partial charge in [-0.1, -0.05) is 30.9 Å². The third-order valence-corrected chi connectivity index (χ3v) is 4.31. The molecular weight excluding hydrogens is 335 g/mol. The topological polar surface area (TPSA) is 26.3 Å². The van der Waals surface area contributed by atoms with E-state index in [1.807, 2.05) is 0 Å². The monoisotopic (exact) mass is 348 g/mol. The number of rotatable bonds is 4. The number of hydrogen-bond acceptors (Lipinski definition) is 2. The van der Waals surface area contributed by atoms with Gasteiger partial charge >= 0.3 is 0 Å². The fourth-order valence-electron chi connectivity index (χ4n) is 2.31. The Bertz CT molecular complexity index is 473. The summed E-state index contributed by atoms with van der Waals surface area (Å²) in [5.41, 5.74) is 0. The molecule has 104 valence electrons. The molecule has 0 radical (unpaired) electrons. The summed E-state index contributed by atoms with van der Waals surface area (Å²) in [5, 5.41) is 0.0258. The maximum atomic E-state index is 13.3. The van der Waals surface area contributed by atoms with Crippen molar-refractivity contribution in [1.29, 1.82) is 0 Å². The van der Waals surface area contributed by atoms with Gasteiger partial charge in [0.05, 0.1) is 9.50 Å². The Balaban J connectivity index is 1.94. The van der Waals surface area contributed by atoms with Crippen LogP contribution in [0.5, 0.6) is 5.75 Å². The van der Waals surface area contributed by atoms with Crippen molar-refractivity contribution in [2.45, 2.75) is 32.1 Å². The van der Waals surface area contributed by atoms with Crippen molar-refractivity contribution in [2.75, 3.05) is 6.61 Å². The van der Waals surface area contributed by atoms with E-state index in [9.17, 15) is 9.18 Å². The molecule has 0 atom stereocenters. The lowest BCUT2D eigenvalue weighted by atomic mass is 9.86. The molecule has 1 aliphatic carbocycles. The summed E-state index contributed by atoms with van der Waals surface area (Å²) in [6.07, 6.45) is 5.31. The second-order valence-electron chi connectivity index (χ2n) is 4.79. The minimum atomic E-state index is -0.551. The first kappa shape index (κ1) is 14.8. The van der Waals surface area contributed by atoms with Crippen LogP contribution >= 0.6 is 27.5 Å². The van der Waals surface area contributed by atoms with Crippen LogP contribution in [0.15, 0.2) is 16.6 Å². The molecule has 5 heteroatoms. The zero-order valence-electron chi connectivity index (χ0n) is 10.4. The summed E-state index contributed by atoms with van der Waals surface area (Å²) < 4.78 is 19.3. The number of ether oxygens (including phenoxy) is 1. The van der Waals surface area contributed by atoms with Gasteiger partial charge in [0.2, 0.25) is 0 Å². The smallest absolute Gasteiger partial charge is 0.173 e. The Kier molecular flexibility index (Phi) is 5.22. The summed E-state index contributed by atoms with van der Waals surface area (Å²) >= 11 is 8.88. The van der Waals surface area contributed by atoms with Crippen molar-refractivity contribution >= 4 is 33.3 Å². The van der Waals surface area contributed by atoms with Gasteiger partial charge < -0.3 is 4.74 Å². The number of halogens is 3. The highest BCUT2D eigenvalue weighted by molar-refractivity contribution is 9.10. The van der Waals surface area contributed by atoms with Crippen LogP contribution in [0.1, 0.15) is 32.1 Å². The highest BCUT2D eigenvalue weighted by atomic mass is 79.9. The highest BCUT2D eigenvalue weighted by Gasteiger charge is 2.21. The van der Waals surface area contributed by atoms with E-state index in [1.165, 1.54) is 18.6 Å². The van der Waals surface area contributed by atoms with Gasteiger partial charge in [-0.15, -0.1) is 0 Å². The number of hydrogen-bond donors (Lipinski definition) is 0. The third kappa shape index (κ3) is 3.93. The molecule has 0 unspecified atom stereocenters. The minimum Gasteiger partial charge on any atom is -0.485 e. The van der Waals surface area contributed by atoms with Gasteiger partial charge in [-0.25, -0.2) is 4.39 Å². The molecule has 0 bridgehead atoms. The van der Waals surface area contributed by atoms with E-state index in [1.54, 1.807) is 0 Å². The molecular formula is C14H15BrClFO2. The Morgan fingerprint density at radius 1 is 1.37 bits per heavy atom. The number of carbonyl (C=O) groups is 1. The van der Waals surface area contributed by atoms with Gasteiger partial charge in [0.25, 0.3) is 0 Å². The van der Waals surface area contributed by atoms with Gasteiger partial charge in [0.15, 0.2) is 5.78 Å². The molecule has 0 amide bonds. The van der Waals surface area contributed by atoms with E-state index >= 15 is 0 Å². The van der Waals surface area contributed by atoms with Crippen molar-refractivity contribution < 1.29 is 13.9 Å². The van der Waals surface area contributed by atoms with Crippen molar-refractivity contribution in [3.05, 3.63) is 27.4 Å². The fraction of sp³-hybridized carbons (Fsp3) is 0.500. The molecule has 1 aromatic carbocycles. The maximum Gasteiger partial charge on any atom is 0.173 e. The zero-order valence-corrected chi connectivity index (χ0v) is 12.8. The quantitative estimate of drug-likeness (QED) is 0.732. The van der Waals surface area contributed by atoms with E-state index in [0.717, 1.165) is 25.7 Å². The SMILES string of the molecule is O=C(COc1cc(F)c(Cl)cc1Br)C1CCCCC1. The number of Topliss-reactive ketones (excluding diaryl/α,β-unsaturated/α-hetero) is 1. The molecule has 1 aliphatic rings. The van der Waals surface area contributed by atoms with E-state index in [4.69, 9.17) is 16.3 Å². The molecule has 1 saturated carbocycles. The molecule has 0 spiro atoms. The van der Waals surface area contributed by atoms with Gasteiger partial charge in [0.1, 0.15) is 18.2 Å². The zero-order chi connectivity index (χ0) is 13.8. The molecule has 0 aliphatic heterocycles. The van der Waals surface area contributed by atoms with Crippen LogP contribution < -0.4 is 4.74 Å². The third-order valence-electron chi connectivity index (χ3n) is 3.41. The van der Waals surface area contributed by atoms with Crippen LogP contribution in [0.3, 0.4) is 0 Å². The second kappa shape index (κ2) is 6.71. The largest absolute Gasteiger partial charge is 0.485 e. The highest BCUT2D eigenvalue weighted by Crippen LogP contribution is 2.31. The Hall–Kier alpha value is -0.610. The minimum absolute atomic E-state index is 0.00958.